The van der Waals surface area contributed by atoms with E-state index >= 15 is 0 Å². The maximum absolute atomic E-state index is 14.0. The molecule has 6 nitrogen and oxygen atoms in total. The fourth-order valence-electron chi connectivity index (χ4n) is 3.27. The Morgan fingerprint density at radius 3 is 2.62 bits per heavy atom. The molecule has 0 spiro atoms. The van der Waals surface area contributed by atoms with Crippen LogP contribution in [0.1, 0.15) is 38.5 Å². The minimum Gasteiger partial charge on any atom is -0.340 e. The predicted octanol–water partition coefficient (Wildman–Crippen LogP) is 4.73. The lowest BCUT2D eigenvalue weighted by Gasteiger charge is -2.18. The average molecular weight is 468 g/mol. The van der Waals surface area contributed by atoms with Crippen molar-refractivity contribution in [3.05, 3.63) is 93.4 Å². The number of aryl methyl sites for hydroxylation is 1. The van der Waals surface area contributed by atoms with E-state index in [0.717, 1.165) is 10.6 Å². The molecule has 0 bridgehead atoms. The Labute approximate surface area is 193 Å². The molecule has 164 valence electrons. The molecular formula is C23H22FN5OS2. The van der Waals surface area contributed by atoms with Gasteiger partial charge in [0.1, 0.15) is 11.5 Å². The Balaban J connectivity index is 1.56. The molecule has 1 atom stereocenters. The fraction of sp³-hybridized carbons (Fsp3) is 0.217. The van der Waals surface area contributed by atoms with Gasteiger partial charge in [-0.1, -0.05) is 60.3 Å². The minimum absolute atomic E-state index is 0.241. The number of carbonyl (C=O) groups is 1. The monoisotopic (exact) mass is 467 g/mol. The number of halogens is 1. The van der Waals surface area contributed by atoms with Gasteiger partial charge in [-0.25, -0.2) is 9.37 Å². The van der Waals surface area contributed by atoms with E-state index in [-0.39, 0.29) is 11.7 Å². The van der Waals surface area contributed by atoms with Gasteiger partial charge in [-0.2, -0.15) is 0 Å². The summed E-state index contributed by atoms with van der Waals surface area (Å²) < 4.78 is 15.8. The van der Waals surface area contributed by atoms with Gasteiger partial charge in [-0.05, 0) is 30.5 Å². The summed E-state index contributed by atoms with van der Waals surface area (Å²) in [6.45, 7) is 1.87. The van der Waals surface area contributed by atoms with Crippen LogP contribution in [0.2, 0.25) is 0 Å². The van der Waals surface area contributed by atoms with Gasteiger partial charge < -0.3 is 9.88 Å². The van der Waals surface area contributed by atoms with Crippen LogP contribution in [0, 0.1) is 12.7 Å². The molecule has 1 N–H and O–H groups in total. The van der Waals surface area contributed by atoms with Crippen molar-refractivity contribution in [3.63, 3.8) is 0 Å². The maximum Gasteiger partial charge on any atom is 0.271 e. The fourth-order valence-corrected chi connectivity index (χ4v) is 4.77. The summed E-state index contributed by atoms with van der Waals surface area (Å²) in [5, 5.41) is 15.0. The Hall–Kier alpha value is -3.04. The van der Waals surface area contributed by atoms with Gasteiger partial charge in [0.05, 0.1) is 11.0 Å². The normalized spacial score (nSPS) is 12.0. The SMILES string of the molecule is Cc1nc(C(=O)NC(Cc2ccccc2)c2nnc(SCc3ccccc3F)n2C)cs1. The van der Waals surface area contributed by atoms with Gasteiger partial charge in [0.25, 0.3) is 5.91 Å². The number of nitrogens with zero attached hydrogens (tertiary/aromatic N) is 4. The highest BCUT2D eigenvalue weighted by molar-refractivity contribution is 7.98. The topological polar surface area (TPSA) is 72.7 Å². The minimum atomic E-state index is -0.396. The number of thioether (sulfide) groups is 1. The molecule has 1 amide bonds. The first-order chi connectivity index (χ1) is 15.5. The van der Waals surface area contributed by atoms with E-state index in [1.54, 1.807) is 17.5 Å². The first-order valence-electron chi connectivity index (χ1n) is 10.0. The summed E-state index contributed by atoms with van der Waals surface area (Å²) in [7, 11) is 1.86. The molecule has 0 aliphatic carbocycles. The summed E-state index contributed by atoms with van der Waals surface area (Å²) in [6, 6.07) is 16.2. The number of rotatable bonds is 8. The summed E-state index contributed by atoms with van der Waals surface area (Å²) in [4.78, 5) is 17.1. The van der Waals surface area contributed by atoms with Crippen LogP contribution in [0.15, 0.2) is 65.1 Å². The van der Waals surface area contributed by atoms with Gasteiger partial charge in [-0.15, -0.1) is 21.5 Å². The highest BCUT2D eigenvalue weighted by Crippen LogP contribution is 2.26. The van der Waals surface area contributed by atoms with Gasteiger partial charge in [-0.3, -0.25) is 4.79 Å². The van der Waals surface area contributed by atoms with Crippen molar-refractivity contribution in [2.45, 2.75) is 30.3 Å². The van der Waals surface area contributed by atoms with E-state index in [4.69, 9.17) is 0 Å². The van der Waals surface area contributed by atoms with E-state index in [9.17, 15) is 9.18 Å². The first kappa shape index (κ1) is 22.2. The molecule has 0 aliphatic heterocycles. The molecule has 0 radical (unpaired) electrons. The summed E-state index contributed by atoms with van der Waals surface area (Å²) in [6.07, 6.45) is 0.555. The lowest BCUT2D eigenvalue weighted by Crippen LogP contribution is -2.32. The lowest BCUT2D eigenvalue weighted by atomic mass is 10.1. The highest BCUT2D eigenvalue weighted by Gasteiger charge is 2.24. The molecule has 1 unspecified atom stereocenters. The molecule has 0 fully saturated rings. The summed E-state index contributed by atoms with van der Waals surface area (Å²) in [5.74, 6) is 0.575. The van der Waals surface area contributed by atoms with E-state index in [0.29, 0.717) is 34.4 Å². The number of carbonyl (C=O) groups excluding carboxylic acids is 1. The lowest BCUT2D eigenvalue weighted by molar-refractivity contribution is 0.0929. The van der Waals surface area contributed by atoms with Crippen LogP contribution in [0.25, 0.3) is 0 Å². The third-order valence-corrected chi connectivity index (χ3v) is 6.78. The van der Waals surface area contributed by atoms with Crippen LogP contribution in [-0.2, 0) is 19.2 Å². The molecule has 0 saturated carbocycles. The number of hydrogen-bond acceptors (Lipinski definition) is 6. The number of nitrogens with one attached hydrogen (secondary N) is 1. The summed E-state index contributed by atoms with van der Waals surface area (Å²) >= 11 is 2.84. The highest BCUT2D eigenvalue weighted by atomic mass is 32.2. The number of amides is 1. The van der Waals surface area contributed by atoms with Crippen LogP contribution in [0.5, 0.6) is 0 Å². The molecule has 2 aromatic carbocycles. The van der Waals surface area contributed by atoms with Gasteiger partial charge in [0, 0.05) is 18.2 Å². The van der Waals surface area contributed by atoms with E-state index in [2.05, 4.69) is 20.5 Å². The zero-order valence-electron chi connectivity index (χ0n) is 17.7. The first-order valence-corrected chi connectivity index (χ1v) is 11.9. The second-order valence-electron chi connectivity index (χ2n) is 7.25. The van der Waals surface area contributed by atoms with Crippen molar-refractivity contribution in [3.8, 4) is 0 Å². The summed E-state index contributed by atoms with van der Waals surface area (Å²) in [5.41, 5.74) is 2.06. The Bertz CT molecular complexity index is 1210. The zero-order valence-corrected chi connectivity index (χ0v) is 19.3. The van der Waals surface area contributed by atoms with Gasteiger partial charge >= 0.3 is 0 Å². The molecular weight excluding hydrogens is 445 g/mol. The average Bonchev–Trinajstić information content (AvgIpc) is 3.39. The zero-order chi connectivity index (χ0) is 22.5. The second-order valence-corrected chi connectivity index (χ2v) is 9.25. The van der Waals surface area contributed by atoms with Gasteiger partial charge in [0.15, 0.2) is 11.0 Å². The number of thiazole rings is 1. The predicted molar refractivity (Wildman–Crippen MR) is 124 cm³/mol. The number of aromatic nitrogens is 4. The third kappa shape index (κ3) is 5.23. The van der Waals surface area contributed by atoms with Crippen LogP contribution in [-0.4, -0.2) is 25.7 Å². The molecule has 9 heteroatoms. The quantitative estimate of drug-likeness (QED) is 0.380. The van der Waals surface area contributed by atoms with Crippen molar-refractivity contribution in [1.82, 2.24) is 25.1 Å². The molecule has 32 heavy (non-hydrogen) atoms. The largest absolute Gasteiger partial charge is 0.340 e. The molecule has 2 aromatic heterocycles. The standard InChI is InChI=1S/C23H22FN5OS2/c1-15-25-20(14-31-15)22(30)26-19(12-16-8-4-3-5-9-16)21-27-28-23(29(21)2)32-13-17-10-6-7-11-18(17)24/h3-11,14,19H,12-13H2,1-2H3,(H,26,30). The Morgan fingerprint density at radius 2 is 1.91 bits per heavy atom. The van der Waals surface area contributed by atoms with Gasteiger partial charge in [0.2, 0.25) is 0 Å². The van der Waals surface area contributed by atoms with E-state index in [1.807, 2.05) is 54.9 Å². The number of hydrogen-bond donors (Lipinski definition) is 1. The van der Waals surface area contributed by atoms with Crippen molar-refractivity contribution in [1.29, 1.82) is 0 Å². The smallest absolute Gasteiger partial charge is 0.271 e. The second kappa shape index (κ2) is 10.1. The third-order valence-electron chi connectivity index (χ3n) is 4.93. The molecule has 2 heterocycles. The molecule has 0 saturated heterocycles. The van der Waals surface area contributed by atoms with Crippen LogP contribution >= 0.6 is 23.1 Å². The Morgan fingerprint density at radius 1 is 1.16 bits per heavy atom. The number of benzene rings is 2. The van der Waals surface area contributed by atoms with Crippen LogP contribution in [0.3, 0.4) is 0 Å². The molecule has 4 rings (SSSR count). The van der Waals surface area contributed by atoms with Crippen molar-refractivity contribution in [2.75, 3.05) is 0 Å². The maximum atomic E-state index is 14.0. The van der Waals surface area contributed by atoms with Crippen molar-refractivity contribution >= 4 is 29.0 Å². The van der Waals surface area contributed by atoms with E-state index < -0.39 is 6.04 Å². The molecule has 4 aromatic rings. The van der Waals surface area contributed by atoms with Crippen LogP contribution < -0.4 is 5.32 Å². The Kier molecular flexibility index (Phi) is 6.96. The van der Waals surface area contributed by atoms with E-state index in [1.165, 1.54) is 29.2 Å². The molecule has 0 aliphatic rings. The van der Waals surface area contributed by atoms with Crippen molar-refractivity contribution in [2.24, 2.45) is 7.05 Å². The van der Waals surface area contributed by atoms with Crippen LogP contribution in [0.4, 0.5) is 4.39 Å². The van der Waals surface area contributed by atoms with Crippen molar-refractivity contribution < 1.29 is 9.18 Å².